The Balaban J connectivity index is 2.03. The monoisotopic (exact) mass is 268 g/mol. The fraction of sp³-hybridized carbons (Fsp3) is 0.933. The van der Waals surface area contributed by atoms with Crippen LogP contribution < -0.4 is 5.32 Å². The van der Waals surface area contributed by atoms with Crippen LogP contribution in [0.2, 0.25) is 0 Å². The van der Waals surface area contributed by atoms with Gasteiger partial charge in [-0.05, 0) is 42.9 Å². The largest absolute Gasteiger partial charge is 0.395 e. The Hall–Kier alpha value is -0.770. The van der Waals surface area contributed by atoms with Gasteiger partial charge in [0.05, 0.1) is 6.61 Å². The van der Waals surface area contributed by atoms with Crippen molar-refractivity contribution in [3.8, 4) is 0 Å². The van der Waals surface area contributed by atoms with Crippen LogP contribution in [0.5, 0.6) is 0 Å². The first-order valence-corrected chi connectivity index (χ1v) is 7.53. The Kier molecular flexibility index (Phi) is 3.83. The maximum Gasteiger partial charge on any atom is 0.317 e. The van der Waals surface area contributed by atoms with Gasteiger partial charge >= 0.3 is 6.03 Å². The van der Waals surface area contributed by atoms with Gasteiger partial charge in [0.15, 0.2) is 0 Å². The van der Waals surface area contributed by atoms with Crippen LogP contribution in [0.3, 0.4) is 0 Å². The number of hydrogen-bond donors (Lipinski definition) is 2. The lowest BCUT2D eigenvalue weighted by molar-refractivity contribution is 0.116. The van der Waals surface area contributed by atoms with Crippen molar-refractivity contribution in [1.29, 1.82) is 0 Å². The van der Waals surface area contributed by atoms with E-state index in [4.69, 9.17) is 5.11 Å². The summed E-state index contributed by atoms with van der Waals surface area (Å²) in [5, 5.41) is 12.2. The highest BCUT2D eigenvalue weighted by Gasteiger charge is 2.61. The molecule has 2 fully saturated rings. The number of nitrogens with one attached hydrogen (secondary N) is 1. The van der Waals surface area contributed by atoms with Crippen LogP contribution in [-0.4, -0.2) is 41.8 Å². The van der Waals surface area contributed by atoms with Crippen molar-refractivity contribution in [3.05, 3.63) is 0 Å². The van der Waals surface area contributed by atoms with E-state index in [1.807, 2.05) is 6.92 Å². The summed E-state index contributed by atoms with van der Waals surface area (Å²) in [5.74, 6) is 0.732. The molecule has 0 unspecified atom stereocenters. The lowest BCUT2D eigenvalue weighted by atomic mass is 9.69. The van der Waals surface area contributed by atoms with Crippen molar-refractivity contribution < 1.29 is 9.90 Å². The second-order valence-electron chi connectivity index (χ2n) is 6.92. The number of carbonyl (C=O) groups excluding carboxylic acids is 1. The number of likely N-dealkylation sites (N-methyl/N-ethyl adjacent to an activating group) is 1. The maximum atomic E-state index is 12.3. The smallest absolute Gasteiger partial charge is 0.317 e. The molecule has 0 aromatic heterocycles. The van der Waals surface area contributed by atoms with Crippen molar-refractivity contribution in [3.63, 3.8) is 0 Å². The lowest BCUT2D eigenvalue weighted by Gasteiger charge is -2.40. The van der Waals surface area contributed by atoms with Crippen LogP contribution in [0.1, 0.15) is 47.0 Å². The zero-order valence-electron chi connectivity index (χ0n) is 12.7. The summed E-state index contributed by atoms with van der Waals surface area (Å²) in [6, 6.07) is 0.257. The van der Waals surface area contributed by atoms with E-state index < -0.39 is 0 Å². The summed E-state index contributed by atoms with van der Waals surface area (Å²) in [7, 11) is 0. The SMILES string of the molecule is CCN(CCO)C(=O)N[C@@H]1C[C@H]2CC[C@@]1(C)C2(C)C. The maximum absolute atomic E-state index is 12.3. The molecular formula is C15H28N2O2. The Morgan fingerprint density at radius 2 is 2.11 bits per heavy atom. The Bertz CT molecular complexity index is 356. The van der Waals surface area contributed by atoms with Gasteiger partial charge < -0.3 is 15.3 Å². The summed E-state index contributed by atoms with van der Waals surface area (Å²) >= 11 is 0. The zero-order chi connectivity index (χ0) is 14.3. The first-order valence-electron chi connectivity index (χ1n) is 7.53. The molecule has 3 atom stereocenters. The Labute approximate surface area is 116 Å². The fourth-order valence-electron chi connectivity index (χ4n) is 4.19. The van der Waals surface area contributed by atoms with E-state index in [9.17, 15) is 4.79 Å². The summed E-state index contributed by atoms with van der Waals surface area (Å²) in [6.45, 7) is 10.1. The fourth-order valence-corrected chi connectivity index (χ4v) is 4.19. The average Bonchev–Trinajstić information content (AvgIpc) is 2.68. The normalized spacial score (nSPS) is 35.4. The highest BCUT2D eigenvalue weighted by Crippen LogP contribution is 2.65. The third-order valence-electron chi connectivity index (χ3n) is 6.13. The van der Waals surface area contributed by atoms with Crippen LogP contribution in [-0.2, 0) is 0 Å². The molecule has 0 aliphatic heterocycles. The van der Waals surface area contributed by atoms with E-state index in [-0.39, 0.29) is 24.1 Å². The molecule has 2 bridgehead atoms. The third kappa shape index (κ3) is 2.14. The molecule has 0 saturated heterocycles. The van der Waals surface area contributed by atoms with Crippen molar-refractivity contribution in [2.45, 2.75) is 53.0 Å². The molecule has 2 saturated carbocycles. The third-order valence-corrected chi connectivity index (χ3v) is 6.13. The lowest BCUT2D eigenvalue weighted by Crippen LogP contribution is -2.51. The van der Waals surface area contributed by atoms with E-state index in [0.29, 0.717) is 18.5 Å². The summed E-state index contributed by atoms with van der Waals surface area (Å²) in [4.78, 5) is 13.9. The number of amides is 2. The standard InChI is InChI=1S/C15H28N2O2/c1-5-17(8-9-18)13(19)16-12-10-11-6-7-15(12,4)14(11,2)3/h11-12,18H,5-10H2,1-4H3,(H,16,19)/t11-,12-,15-/m1/s1. The molecule has 19 heavy (non-hydrogen) atoms. The molecule has 2 amide bonds. The van der Waals surface area contributed by atoms with Crippen molar-refractivity contribution in [1.82, 2.24) is 10.2 Å². The van der Waals surface area contributed by atoms with Crippen molar-refractivity contribution in [2.24, 2.45) is 16.7 Å². The highest BCUT2D eigenvalue weighted by molar-refractivity contribution is 5.74. The van der Waals surface area contributed by atoms with Gasteiger partial charge in [-0.25, -0.2) is 4.79 Å². The molecule has 0 aromatic rings. The van der Waals surface area contributed by atoms with Gasteiger partial charge in [0.2, 0.25) is 0 Å². The molecule has 2 rings (SSSR count). The molecule has 2 aliphatic rings. The highest BCUT2D eigenvalue weighted by atomic mass is 16.3. The second-order valence-corrected chi connectivity index (χ2v) is 6.92. The van der Waals surface area contributed by atoms with E-state index in [1.54, 1.807) is 4.90 Å². The predicted octanol–water partition coefficient (Wildman–Crippen LogP) is 2.22. The topological polar surface area (TPSA) is 52.6 Å². The van der Waals surface area contributed by atoms with E-state index in [2.05, 4.69) is 26.1 Å². The van der Waals surface area contributed by atoms with Crippen LogP contribution in [0.25, 0.3) is 0 Å². The number of aliphatic hydroxyl groups excluding tert-OH is 1. The van der Waals surface area contributed by atoms with Crippen LogP contribution in [0, 0.1) is 16.7 Å². The minimum absolute atomic E-state index is 0.0221. The number of fused-ring (bicyclic) bond motifs is 2. The quantitative estimate of drug-likeness (QED) is 0.821. The summed E-state index contributed by atoms with van der Waals surface area (Å²) in [5.41, 5.74) is 0.533. The zero-order valence-corrected chi connectivity index (χ0v) is 12.7. The van der Waals surface area contributed by atoms with E-state index in [1.165, 1.54) is 12.8 Å². The molecular weight excluding hydrogens is 240 g/mol. The number of urea groups is 1. The van der Waals surface area contributed by atoms with Gasteiger partial charge in [-0.15, -0.1) is 0 Å². The van der Waals surface area contributed by atoms with E-state index >= 15 is 0 Å². The Morgan fingerprint density at radius 1 is 1.42 bits per heavy atom. The first kappa shape index (κ1) is 14.6. The van der Waals surface area contributed by atoms with Crippen LogP contribution in [0.15, 0.2) is 0 Å². The minimum atomic E-state index is -0.0221. The van der Waals surface area contributed by atoms with Crippen molar-refractivity contribution in [2.75, 3.05) is 19.7 Å². The molecule has 110 valence electrons. The summed E-state index contributed by atoms with van der Waals surface area (Å²) in [6.07, 6.45) is 3.61. The van der Waals surface area contributed by atoms with Gasteiger partial charge in [-0.2, -0.15) is 0 Å². The Morgan fingerprint density at radius 3 is 2.53 bits per heavy atom. The number of aliphatic hydroxyl groups is 1. The second kappa shape index (κ2) is 4.97. The number of rotatable bonds is 4. The molecule has 0 spiro atoms. The average molecular weight is 268 g/mol. The van der Waals surface area contributed by atoms with Gasteiger partial charge in [0.1, 0.15) is 0 Å². The number of hydrogen-bond acceptors (Lipinski definition) is 2. The molecule has 0 heterocycles. The molecule has 4 heteroatoms. The molecule has 2 N–H and O–H groups in total. The van der Waals surface area contributed by atoms with Crippen molar-refractivity contribution >= 4 is 6.03 Å². The molecule has 0 aromatic carbocycles. The molecule has 0 radical (unpaired) electrons. The number of nitrogens with zero attached hydrogens (tertiary/aromatic N) is 1. The minimum Gasteiger partial charge on any atom is -0.395 e. The summed E-state index contributed by atoms with van der Waals surface area (Å²) < 4.78 is 0. The van der Waals surface area contributed by atoms with E-state index in [0.717, 1.165) is 12.3 Å². The number of carbonyl (C=O) groups is 1. The first-order chi connectivity index (χ1) is 8.86. The van der Waals surface area contributed by atoms with Crippen LogP contribution >= 0.6 is 0 Å². The van der Waals surface area contributed by atoms with Gasteiger partial charge in [-0.1, -0.05) is 20.8 Å². The molecule has 2 aliphatic carbocycles. The van der Waals surface area contributed by atoms with Crippen LogP contribution in [0.4, 0.5) is 4.79 Å². The van der Waals surface area contributed by atoms with Gasteiger partial charge in [0, 0.05) is 19.1 Å². The van der Waals surface area contributed by atoms with Gasteiger partial charge in [0.25, 0.3) is 0 Å². The predicted molar refractivity (Wildman–Crippen MR) is 75.9 cm³/mol. The molecule has 4 nitrogen and oxygen atoms in total. The van der Waals surface area contributed by atoms with Gasteiger partial charge in [-0.3, -0.25) is 0 Å².